The van der Waals surface area contributed by atoms with Gasteiger partial charge in [0.1, 0.15) is 18.9 Å². The van der Waals surface area contributed by atoms with Gasteiger partial charge in [-0.1, -0.05) is 84.4 Å². The smallest absolute Gasteiger partial charge is 0.410 e. The highest BCUT2D eigenvalue weighted by Gasteiger charge is 2.36. The molecule has 0 spiro atoms. The molecule has 0 bridgehead atoms. The third kappa shape index (κ3) is 11.6. The van der Waals surface area contributed by atoms with Crippen LogP contribution >= 0.6 is 11.6 Å². The predicted octanol–water partition coefficient (Wildman–Crippen LogP) is 10.6. The van der Waals surface area contributed by atoms with Crippen molar-refractivity contribution in [3.63, 3.8) is 0 Å². The van der Waals surface area contributed by atoms with Crippen molar-refractivity contribution in [2.24, 2.45) is 4.99 Å². The number of benzene rings is 4. The Morgan fingerprint density at radius 1 is 0.908 bits per heavy atom. The number of likely N-dealkylation sites (tertiary alicyclic amines) is 1. The van der Waals surface area contributed by atoms with Crippen LogP contribution in [0, 0.1) is 5.82 Å². The quantitative estimate of drug-likeness (QED) is 0.0931. The monoisotopic (exact) mass is 899 g/mol. The van der Waals surface area contributed by atoms with Crippen LogP contribution < -0.4 is 16.3 Å². The van der Waals surface area contributed by atoms with Gasteiger partial charge in [0.15, 0.2) is 5.82 Å². The van der Waals surface area contributed by atoms with E-state index in [1.54, 1.807) is 24.4 Å². The largest absolute Gasteiger partial charge is 0.445 e. The Morgan fingerprint density at radius 3 is 2.37 bits per heavy atom. The van der Waals surface area contributed by atoms with E-state index < -0.39 is 17.6 Å². The van der Waals surface area contributed by atoms with Gasteiger partial charge in [0, 0.05) is 48.7 Å². The van der Waals surface area contributed by atoms with E-state index in [4.69, 9.17) is 21.1 Å². The van der Waals surface area contributed by atoms with Gasteiger partial charge in [0.25, 0.3) is 0 Å². The van der Waals surface area contributed by atoms with Crippen molar-refractivity contribution in [1.82, 2.24) is 30.1 Å². The van der Waals surface area contributed by atoms with E-state index in [-0.39, 0.29) is 48.0 Å². The molecule has 1 fully saturated rings. The molecular weight excluding hydrogens is 845 g/mol. The van der Waals surface area contributed by atoms with Crippen molar-refractivity contribution in [1.29, 1.82) is 0 Å². The lowest BCUT2D eigenvalue weighted by molar-refractivity contribution is 0.0389. The Morgan fingerprint density at radius 2 is 1.65 bits per heavy atom. The number of aromatic nitrogens is 3. The van der Waals surface area contributed by atoms with Crippen LogP contribution in [-0.2, 0) is 29.1 Å². The number of aliphatic imine (C=N–C) groups is 1. The summed E-state index contributed by atoms with van der Waals surface area (Å²) in [6.45, 7) is 3.86. The van der Waals surface area contributed by atoms with Crippen LogP contribution in [0.25, 0.3) is 28.0 Å². The zero-order chi connectivity index (χ0) is 45.1. The molecule has 14 heteroatoms. The number of nitrogens with zero attached hydrogens (tertiary/aromatic N) is 4. The lowest BCUT2D eigenvalue weighted by Crippen LogP contribution is -2.47. The summed E-state index contributed by atoms with van der Waals surface area (Å²) in [4.78, 5) is 53.8. The molecule has 12 nitrogen and oxygen atoms in total. The van der Waals surface area contributed by atoms with E-state index in [1.807, 2.05) is 96.8 Å². The molecule has 2 amide bonds. The molecule has 2 aliphatic heterocycles. The molecular formula is C51H55ClFN7O5. The van der Waals surface area contributed by atoms with Crippen molar-refractivity contribution in [2.75, 3.05) is 13.1 Å². The standard InChI is InChI=1S/C51H55ClFN7O5/c1-34(56-50(62)64-32-35-13-4-2-5-14-35)12-10-17-37-28-42(47(53)43(52)29-37)44-30-39-31-59(49(61)58-48(39)57-44)40-23-21-38(22-24-40)45-19-11-18-41(25-27-55-46-20-8-9-26-54-46)60(45)51(63)65-33-36-15-6-3-7-16-36/h2-7,13-16,21-24,28-31,34,41,45H,8-12,17-20,25-27,32-33H2,1H3,(H,54,55)(H,56,62)(H,57,58,61)/t34-,41-,45-/m0/s1. The average Bonchev–Trinajstić information content (AvgIpc) is 3.74. The number of fused-ring (bicyclic) bond motifs is 1. The zero-order valence-corrected chi connectivity index (χ0v) is 37.4. The Kier molecular flexibility index (Phi) is 14.9. The number of amidine groups is 1. The molecule has 0 aliphatic carbocycles. The maximum atomic E-state index is 15.6. The zero-order valence-electron chi connectivity index (χ0n) is 36.6. The first-order valence-corrected chi connectivity index (χ1v) is 23.0. The summed E-state index contributed by atoms with van der Waals surface area (Å²) >= 11 is 6.42. The van der Waals surface area contributed by atoms with Crippen molar-refractivity contribution in [2.45, 2.75) is 102 Å². The van der Waals surface area contributed by atoms with Gasteiger partial charge in [-0.3, -0.25) is 14.5 Å². The fourth-order valence-electron chi connectivity index (χ4n) is 8.80. The number of hydrogen-bond acceptors (Lipinski definition) is 8. The summed E-state index contributed by atoms with van der Waals surface area (Å²) in [7, 11) is 0. The highest BCUT2D eigenvalue weighted by molar-refractivity contribution is 6.31. The number of hydrogen-bond donors (Lipinski definition) is 3. The maximum absolute atomic E-state index is 15.6. The predicted molar refractivity (Wildman–Crippen MR) is 252 cm³/mol. The number of carbonyl (C=O) groups is 2. The molecule has 3 atom stereocenters. The SMILES string of the molecule is C[C@@H](CCCc1cc(Cl)c(F)c(-c2cc3cn(-c4ccc([C@@H]5CCC[C@@H](CCNC6=NCCCC6)N5C(=O)OCc5ccccc5)cc4)c(=O)nc3[nH]2)c1)NC(=O)OCc1ccccc1. The fourth-order valence-corrected chi connectivity index (χ4v) is 9.04. The van der Waals surface area contributed by atoms with Gasteiger partial charge in [0.2, 0.25) is 0 Å². The summed E-state index contributed by atoms with van der Waals surface area (Å²) in [5.41, 5.74) is 4.73. The molecule has 0 radical (unpaired) electrons. The molecule has 4 heterocycles. The number of H-pyrrole nitrogens is 1. The van der Waals surface area contributed by atoms with E-state index in [1.165, 1.54) is 4.57 Å². The Balaban J connectivity index is 0.943. The van der Waals surface area contributed by atoms with Gasteiger partial charge < -0.3 is 25.1 Å². The number of piperidine rings is 1. The van der Waals surface area contributed by atoms with Gasteiger partial charge in [-0.05, 0) is 117 Å². The Bertz CT molecular complexity index is 2660. The second kappa shape index (κ2) is 21.5. The molecule has 3 N–H and O–H groups in total. The number of aryl methyl sites for hydroxylation is 1. The topological polar surface area (TPSA) is 143 Å². The molecule has 4 aromatic carbocycles. The third-order valence-electron chi connectivity index (χ3n) is 12.2. The molecule has 0 unspecified atom stereocenters. The molecule has 0 saturated carbocycles. The molecule has 1 saturated heterocycles. The number of aromatic amines is 1. The van der Waals surface area contributed by atoms with Crippen LogP contribution in [0.15, 0.2) is 119 Å². The lowest BCUT2D eigenvalue weighted by Gasteiger charge is -2.42. The minimum atomic E-state index is -0.582. The van der Waals surface area contributed by atoms with E-state index in [9.17, 15) is 14.4 Å². The van der Waals surface area contributed by atoms with Gasteiger partial charge in [0.05, 0.1) is 28.3 Å². The summed E-state index contributed by atoms with van der Waals surface area (Å²) in [6, 6.07) is 31.6. The fraction of sp³-hybridized carbons (Fsp3) is 0.353. The van der Waals surface area contributed by atoms with Crippen molar-refractivity contribution >= 4 is 40.7 Å². The number of ether oxygens (including phenoxy) is 2. The van der Waals surface area contributed by atoms with Crippen molar-refractivity contribution in [3.05, 3.63) is 153 Å². The highest BCUT2D eigenvalue weighted by atomic mass is 35.5. The second-order valence-corrected chi connectivity index (χ2v) is 17.4. The molecule has 338 valence electrons. The van der Waals surface area contributed by atoms with Crippen LogP contribution in [0.3, 0.4) is 0 Å². The summed E-state index contributed by atoms with van der Waals surface area (Å²) in [5, 5.41) is 6.98. The first kappa shape index (κ1) is 45.1. The maximum Gasteiger partial charge on any atom is 0.410 e. The van der Waals surface area contributed by atoms with E-state index in [2.05, 4.69) is 25.6 Å². The Hall–Kier alpha value is -6.47. The normalized spacial score (nSPS) is 16.7. The molecule has 8 rings (SSSR count). The molecule has 2 aliphatic rings. The average molecular weight is 900 g/mol. The first-order valence-electron chi connectivity index (χ1n) is 22.6. The van der Waals surface area contributed by atoms with E-state index >= 15 is 4.39 Å². The number of amides is 2. The number of carbonyl (C=O) groups excluding carboxylic acids is 2. The summed E-state index contributed by atoms with van der Waals surface area (Å²) in [5.74, 6) is 0.465. The van der Waals surface area contributed by atoms with Gasteiger partial charge in [-0.2, -0.15) is 4.98 Å². The summed E-state index contributed by atoms with van der Waals surface area (Å²) < 4.78 is 28.4. The number of rotatable bonds is 15. The second-order valence-electron chi connectivity index (χ2n) is 17.0. The molecule has 6 aromatic rings. The van der Waals surface area contributed by atoms with Gasteiger partial charge in [-0.25, -0.2) is 18.8 Å². The van der Waals surface area contributed by atoms with Crippen LogP contribution in [0.2, 0.25) is 5.02 Å². The minimum Gasteiger partial charge on any atom is -0.445 e. The summed E-state index contributed by atoms with van der Waals surface area (Å²) in [6.07, 6.45) is 9.42. The van der Waals surface area contributed by atoms with Crippen LogP contribution in [-0.4, -0.2) is 62.6 Å². The highest BCUT2D eigenvalue weighted by Crippen LogP contribution is 2.37. The Labute approximate surface area is 383 Å². The van der Waals surface area contributed by atoms with E-state index in [0.717, 1.165) is 86.1 Å². The first-order chi connectivity index (χ1) is 31.7. The van der Waals surface area contributed by atoms with Crippen molar-refractivity contribution in [3.8, 4) is 16.9 Å². The minimum absolute atomic E-state index is 0.0159. The van der Waals surface area contributed by atoms with Crippen LogP contribution in [0.5, 0.6) is 0 Å². The van der Waals surface area contributed by atoms with Gasteiger partial charge in [-0.15, -0.1) is 0 Å². The lowest BCUT2D eigenvalue weighted by atomic mass is 9.89. The number of alkyl carbamates (subject to hydrolysis) is 1. The van der Waals surface area contributed by atoms with Gasteiger partial charge >= 0.3 is 17.9 Å². The number of nitrogens with one attached hydrogen (secondary N) is 3. The van der Waals surface area contributed by atoms with Crippen molar-refractivity contribution < 1.29 is 23.5 Å². The number of halogens is 2. The van der Waals surface area contributed by atoms with E-state index in [0.29, 0.717) is 41.7 Å². The molecule has 65 heavy (non-hydrogen) atoms. The van der Waals surface area contributed by atoms with Crippen LogP contribution in [0.4, 0.5) is 14.0 Å². The van der Waals surface area contributed by atoms with Crippen LogP contribution in [0.1, 0.15) is 93.0 Å². The molecule has 2 aromatic heterocycles. The third-order valence-corrected chi connectivity index (χ3v) is 12.5.